The largest absolute Gasteiger partial charge is 0.487 e. The van der Waals surface area contributed by atoms with Crippen LogP contribution in [0.3, 0.4) is 0 Å². The van der Waals surface area contributed by atoms with Gasteiger partial charge in [0.15, 0.2) is 0 Å². The van der Waals surface area contributed by atoms with Gasteiger partial charge in [-0.25, -0.2) is 4.98 Å². The van der Waals surface area contributed by atoms with Gasteiger partial charge in [0.1, 0.15) is 12.4 Å². The van der Waals surface area contributed by atoms with E-state index in [0.717, 1.165) is 27.7 Å². The molecule has 0 fully saturated rings. The van der Waals surface area contributed by atoms with Crippen molar-refractivity contribution >= 4 is 28.0 Å². The summed E-state index contributed by atoms with van der Waals surface area (Å²) in [6.07, 6.45) is 3.29. The van der Waals surface area contributed by atoms with Crippen LogP contribution in [0.2, 0.25) is 0 Å². The Hall–Kier alpha value is -4.50. The maximum atomic E-state index is 12.5. The van der Waals surface area contributed by atoms with E-state index in [1.165, 1.54) is 0 Å². The number of pyridine rings is 2. The van der Waals surface area contributed by atoms with E-state index in [0.29, 0.717) is 35.6 Å². The molecular formula is C26H18N4O2. The third kappa shape index (κ3) is 3.68. The van der Waals surface area contributed by atoms with Crippen molar-refractivity contribution in [3.05, 3.63) is 102 Å². The normalized spacial score (nSPS) is 13.2. The van der Waals surface area contributed by atoms with Gasteiger partial charge in [0.2, 0.25) is 0 Å². The van der Waals surface area contributed by atoms with Crippen LogP contribution in [0.5, 0.6) is 5.75 Å². The molecule has 1 aliphatic rings. The summed E-state index contributed by atoms with van der Waals surface area (Å²) in [4.78, 5) is 21.1. The molecule has 6 heteroatoms. The van der Waals surface area contributed by atoms with Crippen molar-refractivity contribution in [2.24, 2.45) is 0 Å². The van der Waals surface area contributed by atoms with Crippen LogP contribution < -0.4 is 10.1 Å². The number of rotatable bonds is 5. The average molecular weight is 418 g/mol. The van der Waals surface area contributed by atoms with Crippen molar-refractivity contribution in [1.82, 2.24) is 15.3 Å². The first-order valence-electron chi connectivity index (χ1n) is 10.2. The topological polar surface area (TPSA) is 87.9 Å². The minimum absolute atomic E-state index is 0.155. The highest BCUT2D eigenvalue weighted by molar-refractivity contribution is 6.30. The number of benzene rings is 2. The molecule has 3 heterocycles. The molecule has 2 aromatic heterocycles. The second-order valence-corrected chi connectivity index (χ2v) is 7.38. The summed E-state index contributed by atoms with van der Waals surface area (Å²) in [5.41, 5.74) is 5.02. The molecule has 5 rings (SSSR count). The van der Waals surface area contributed by atoms with Gasteiger partial charge in [0.05, 0.1) is 28.4 Å². The van der Waals surface area contributed by atoms with Crippen LogP contribution in [0, 0.1) is 11.3 Å². The van der Waals surface area contributed by atoms with Crippen molar-refractivity contribution in [2.45, 2.75) is 6.61 Å². The fourth-order valence-corrected chi connectivity index (χ4v) is 3.85. The highest BCUT2D eigenvalue weighted by Crippen LogP contribution is 2.33. The molecule has 2 aromatic carbocycles. The molecule has 0 saturated carbocycles. The number of para-hydroxylation sites is 1. The Morgan fingerprint density at radius 1 is 1.03 bits per heavy atom. The molecule has 0 spiro atoms. The first-order chi connectivity index (χ1) is 15.7. The van der Waals surface area contributed by atoms with Crippen LogP contribution in [-0.2, 0) is 11.4 Å². The van der Waals surface area contributed by atoms with Gasteiger partial charge in [-0.3, -0.25) is 9.78 Å². The number of carbonyl (C=O) groups is 1. The van der Waals surface area contributed by atoms with E-state index in [2.05, 4.69) is 21.4 Å². The number of nitrogens with zero attached hydrogens (tertiary/aromatic N) is 3. The second-order valence-electron chi connectivity index (χ2n) is 7.38. The Morgan fingerprint density at radius 3 is 2.72 bits per heavy atom. The Bertz CT molecular complexity index is 1400. The summed E-state index contributed by atoms with van der Waals surface area (Å²) in [6.45, 7) is 0.659. The van der Waals surface area contributed by atoms with E-state index in [1.54, 1.807) is 30.6 Å². The maximum absolute atomic E-state index is 12.5. The molecule has 4 aromatic rings. The summed E-state index contributed by atoms with van der Waals surface area (Å²) < 4.78 is 5.91. The van der Waals surface area contributed by atoms with Crippen LogP contribution >= 0.6 is 0 Å². The molecule has 1 N–H and O–H groups in total. The Labute approximate surface area is 184 Å². The molecule has 154 valence electrons. The fourth-order valence-electron chi connectivity index (χ4n) is 3.85. The van der Waals surface area contributed by atoms with Crippen LogP contribution in [-0.4, -0.2) is 22.4 Å². The summed E-state index contributed by atoms with van der Waals surface area (Å²) in [7, 11) is 0. The highest BCUT2D eigenvalue weighted by atomic mass is 16.5. The number of ether oxygens (including phenoxy) is 1. The standard InChI is InChI=1S/C26H18N4O2/c27-14-19-13-21(32-16-20-6-5-17-3-1-2-4-24(17)30-20)7-8-22(19)23-15-29-26(31)25(23)18-9-11-28-12-10-18/h1-13H,15-16H2,(H,29,31). The predicted molar refractivity (Wildman–Crippen MR) is 121 cm³/mol. The Balaban J connectivity index is 1.43. The molecular weight excluding hydrogens is 400 g/mol. The number of nitriles is 1. The van der Waals surface area contributed by atoms with Gasteiger partial charge in [-0.2, -0.15) is 5.26 Å². The van der Waals surface area contributed by atoms with Gasteiger partial charge < -0.3 is 10.1 Å². The fraction of sp³-hybridized carbons (Fsp3) is 0.0769. The highest BCUT2D eigenvalue weighted by Gasteiger charge is 2.26. The van der Waals surface area contributed by atoms with E-state index < -0.39 is 0 Å². The molecule has 1 amide bonds. The van der Waals surface area contributed by atoms with E-state index in [1.807, 2.05) is 48.5 Å². The third-order valence-electron chi connectivity index (χ3n) is 5.40. The van der Waals surface area contributed by atoms with Gasteiger partial charge in [0.25, 0.3) is 5.91 Å². The quantitative estimate of drug-likeness (QED) is 0.527. The number of hydrogen-bond donors (Lipinski definition) is 1. The van der Waals surface area contributed by atoms with Crippen molar-refractivity contribution in [3.8, 4) is 11.8 Å². The number of hydrogen-bond acceptors (Lipinski definition) is 5. The maximum Gasteiger partial charge on any atom is 0.252 e. The summed E-state index contributed by atoms with van der Waals surface area (Å²) in [6, 6.07) is 23.0. The van der Waals surface area contributed by atoms with E-state index in [4.69, 9.17) is 4.74 Å². The summed E-state index contributed by atoms with van der Waals surface area (Å²) in [5.74, 6) is 0.418. The monoisotopic (exact) mass is 418 g/mol. The van der Waals surface area contributed by atoms with Crippen LogP contribution in [0.25, 0.3) is 22.0 Å². The average Bonchev–Trinajstić information content (AvgIpc) is 3.24. The number of amides is 1. The molecule has 0 saturated heterocycles. The molecule has 0 radical (unpaired) electrons. The van der Waals surface area contributed by atoms with E-state index in [9.17, 15) is 10.1 Å². The zero-order chi connectivity index (χ0) is 21.9. The second kappa shape index (κ2) is 8.32. The lowest BCUT2D eigenvalue weighted by atomic mass is 9.94. The predicted octanol–water partition coefficient (Wildman–Crippen LogP) is 4.12. The number of nitrogens with one attached hydrogen (secondary N) is 1. The Kier molecular flexibility index (Phi) is 5.06. The summed E-state index contributed by atoms with van der Waals surface area (Å²) in [5, 5.41) is 13.7. The third-order valence-corrected chi connectivity index (χ3v) is 5.40. The zero-order valence-electron chi connectivity index (χ0n) is 17.1. The molecule has 1 aliphatic heterocycles. The smallest absolute Gasteiger partial charge is 0.252 e. The van der Waals surface area contributed by atoms with Gasteiger partial charge in [-0.1, -0.05) is 24.3 Å². The van der Waals surface area contributed by atoms with Crippen molar-refractivity contribution in [2.75, 3.05) is 6.54 Å². The van der Waals surface area contributed by atoms with Gasteiger partial charge in [-0.15, -0.1) is 0 Å². The molecule has 0 bridgehead atoms. The SMILES string of the molecule is N#Cc1cc(OCc2ccc3ccccc3n2)ccc1C1=C(c2ccncc2)C(=O)NC1. The first kappa shape index (κ1) is 19.5. The van der Waals surface area contributed by atoms with Gasteiger partial charge in [-0.05, 0) is 59.2 Å². The van der Waals surface area contributed by atoms with E-state index in [-0.39, 0.29) is 5.91 Å². The first-order valence-corrected chi connectivity index (χ1v) is 10.2. The molecule has 0 aliphatic carbocycles. The minimum Gasteiger partial charge on any atom is -0.487 e. The van der Waals surface area contributed by atoms with E-state index >= 15 is 0 Å². The van der Waals surface area contributed by atoms with Crippen LogP contribution in [0.1, 0.15) is 22.4 Å². The number of carbonyl (C=O) groups excluding carboxylic acids is 1. The Morgan fingerprint density at radius 2 is 1.88 bits per heavy atom. The van der Waals surface area contributed by atoms with Gasteiger partial charge in [0, 0.05) is 24.3 Å². The summed E-state index contributed by atoms with van der Waals surface area (Å²) >= 11 is 0. The molecule has 0 unspecified atom stereocenters. The lowest BCUT2D eigenvalue weighted by molar-refractivity contribution is -0.114. The number of fused-ring (bicyclic) bond motifs is 1. The number of aromatic nitrogens is 2. The van der Waals surface area contributed by atoms with Crippen molar-refractivity contribution < 1.29 is 9.53 Å². The van der Waals surface area contributed by atoms with Gasteiger partial charge >= 0.3 is 0 Å². The molecule has 32 heavy (non-hydrogen) atoms. The minimum atomic E-state index is -0.155. The zero-order valence-corrected chi connectivity index (χ0v) is 17.1. The van der Waals surface area contributed by atoms with Crippen LogP contribution in [0.15, 0.2) is 79.1 Å². The van der Waals surface area contributed by atoms with Crippen LogP contribution in [0.4, 0.5) is 0 Å². The molecule has 6 nitrogen and oxygen atoms in total. The van der Waals surface area contributed by atoms with Crippen molar-refractivity contribution in [3.63, 3.8) is 0 Å². The lowest BCUT2D eigenvalue weighted by Gasteiger charge is -2.11. The molecule has 0 atom stereocenters. The lowest BCUT2D eigenvalue weighted by Crippen LogP contribution is -2.17. The van der Waals surface area contributed by atoms with Crippen molar-refractivity contribution in [1.29, 1.82) is 5.26 Å².